The van der Waals surface area contributed by atoms with Gasteiger partial charge < -0.3 is 0 Å². The number of hydrogen-bond acceptors (Lipinski definition) is 4. The molecule has 8 heteroatoms. The SMILES string of the molecule is O=S(=O)(NCc1ccc(S(=O)(=O)N2CCCCC2)cc1)c1ccccc1-c1ccccc1. The zero-order valence-electron chi connectivity index (χ0n) is 17.6. The van der Waals surface area contributed by atoms with Gasteiger partial charge in [-0.15, -0.1) is 0 Å². The van der Waals surface area contributed by atoms with E-state index in [0.717, 1.165) is 24.8 Å². The van der Waals surface area contributed by atoms with E-state index in [-0.39, 0.29) is 16.3 Å². The van der Waals surface area contributed by atoms with Crippen molar-refractivity contribution in [3.8, 4) is 11.1 Å². The molecule has 1 N–H and O–H groups in total. The van der Waals surface area contributed by atoms with Crippen molar-refractivity contribution >= 4 is 20.0 Å². The first kappa shape index (κ1) is 22.7. The normalized spacial score (nSPS) is 15.5. The third-order valence-electron chi connectivity index (χ3n) is 5.60. The Hall–Kier alpha value is -2.52. The molecule has 4 rings (SSSR count). The van der Waals surface area contributed by atoms with Crippen molar-refractivity contribution in [1.82, 2.24) is 9.03 Å². The predicted molar refractivity (Wildman–Crippen MR) is 125 cm³/mol. The molecule has 1 fully saturated rings. The highest BCUT2D eigenvalue weighted by Crippen LogP contribution is 2.27. The van der Waals surface area contributed by atoms with E-state index < -0.39 is 20.0 Å². The van der Waals surface area contributed by atoms with Gasteiger partial charge in [-0.3, -0.25) is 0 Å². The van der Waals surface area contributed by atoms with Crippen LogP contribution in [-0.2, 0) is 26.6 Å². The van der Waals surface area contributed by atoms with Crippen LogP contribution in [0.1, 0.15) is 24.8 Å². The number of nitrogens with one attached hydrogen (secondary N) is 1. The summed E-state index contributed by atoms with van der Waals surface area (Å²) < 4.78 is 55.8. The Kier molecular flexibility index (Phi) is 6.76. The number of rotatable bonds is 7. The Morgan fingerprint density at radius 1 is 0.719 bits per heavy atom. The van der Waals surface area contributed by atoms with E-state index in [9.17, 15) is 16.8 Å². The van der Waals surface area contributed by atoms with Gasteiger partial charge in [0.2, 0.25) is 20.0 Å². The molecule has 0 atom stereocenters. The maximum Gasteiger partial charge on any atom is 0.243 e. The molecule has 0 aromatic heterocycles. The first-order chi connectivity index (χ1) is 15.4. The second-order valence-electron chi connectivity index (χ2n) is 7.80. The van der Waals surface area contributed by atoms with Gasteiger partial charge in [0.15, 0.2) is 0 Å². The van der Waals surface area contributed by atoms with Crippen molar-refractivity contribution in [2.75, 3.05) is 13.1 Å². The van der Waals surface area contributed by atoms with Gasteiger partial charge in [0.05, 0.1) is 9.79 Å². The molecule has 0 amide bonds. The molecule has 1 aliphatic heterocycles. The van der Waals surface area contributed by atoms with Crippen LogP contribution in [0.4, 0.5) is 0 Å². The molecule has 0 aliphatic carbocycles. The molecule has 0 saturated carbocycles. The molecule has 0 spiro atoms. The summed E-state index contributed by atoms with van der Waals surface area (Å²) in [6, 6.07) is 22.6. The Morgan fingerprint density at radius 2 is 1.34 bits per heavy atom. The Morgan fingerprint density at radius 3 is 2.03 bits per heavy atom. The minimum atomic E-state index is -3.77. The molecule has 3 aromatic carbocycles. The van der Waals surface area contributed by atoms with Gasteiger partial charge in [-0.05, 0) is 42.2 Å². The lowest BCUT2D eigenvalue weighted by Crippen LogP contribution is -2.35. The highest BCUT2D eigenvalue weighted by molar-refractivity contribution is 7.89. The zero-order valence-corrected chi connectivity index (χ0v) is 19.3. The molecular weight excluding hydrogens is 444 g/mol. The van der Waals surface area contributed by atoms with Crippen molar-refractivity contribution in [1.29, 1.82) is 0 Å². The summed E-state index contributed by atoms with van der Waals surface area (Å²) >= 11 is 0. The van der Waals surface area contributed by atoms with Crippen LogP contribution in [0.25, 0.3) is 11.1 Å². The number of sulfonamides is 2. The van der Waals surface area contributed by atoms with Gasteiger partial charge in [-0.25, -0.2) is 21.6 Å². The lowest BCUT2D eigenvalue weighted by Gasteiger charge is -2.25. The maximum atomic E-state index is 13.0. The van der Waals surface area contributed by atoms with E-state index in [1.165, 1.54) is 4.31 Å². The standard InChI is InChI=1S/C24H26N2O4S2/c27-31(28,24-12-6-5-11-23(24)21-9-3-1-4-10-21)25-19-20-13-15-22(16-14-20)32(29,30)26-17-7-2-8-18-26/h1,3-6,9-16,25H,2,7-8,17-19H2. The van der Waals surface area contributed by atoms with E-state index in [2.05, 4.69) is 4.72 Å². The molecule has 1 saturated heterocycles. The quantitative estimate of drug-likeness (QED) is 0.566. The number of piperidine rings is 1. The Balaban J connectivity index is 1.50. The van der Waals surface area contributed by atoms with E-state index in [1.54, 1.807) is 42.5 Å². The molecule has 32 heavy (non-hydrogen) atoms. The summed E-state index contributed by atoms with van der Waals surface area (Å²) in [5.41, 5.74) is 2.13. The van der Waals surface area contributed by atoms with Crippen molar-refractivity contribution in [2.45, 2.75) is 35.6 Å². The fraction of sp³-hybridized carbons (Fsp3) is 0.250. The molecular formula is C24H26N2O4S2. The summed E-state index contributed by atoms with van der Waals surface area (Å²) in [5.74, 6) is 0. The second-order valence-corrected chi connectivity index (χ2v) is 11.5. The summed E-state index contributed by atoms with van der Waals surface area (Å²) in [6.07, 6.45) is 2.81. The summed E-state index contributed by atoms with van der Waals surface area (Å²) in [4.78, 5) is 0.441. The Labute approximate surface area is 190 Å². The Bertz CT molecular complexity index is 1270. The van der Waals surface area contributed by atoms with Crippen molar-refractivity contribution < 1.29 is 16.8 Å². The van der Waals surface area contributed by atoms with Crippen molar-refractivity contribution in [2.24, 2.45) is 0 Å². The fourth-order valence-corrected chi connectivity index (χ4v) is 6.61. The number of hydrogen-bond donors (Lipinski definition) is 1. The predicted octanol–water partition coefficient (Wildman–Crippen LogP) is 4.01. The molecule has 3 aromatic rings. The van der Waals surface area contributed by atoms with Gasteiger partial charge in [-0.2, -0.15) is 4.31 Å². The summed E-state index contributed by atoms with van der Waals surface area (Å²) in [7, 11) is -7.28. The molecule has 0 unspecified atom stereocenters. The van der Waals surface area contributed by atoms with Gasteiger partial charge in [0, 0.05) is 25.2 Å². The van der Waals surface area contributed by atoms with Gasteiger partial charge >= 0.3 is 0 Å². The van der Waals surface area contributed by atoms with Gasteiger partial charge in [-0.1, -0.05) is 67.1 Å². The van der Waals surface area contributed by atoms with Crippen molar-refractivity contribution in [3.63, 3.8) is 0 Å². The van der Waals surface area contributed by atoms with Crippen LogP contribution in [0.2, 0.25) is 0 Å². The van der Waals surface area contributed by atoms with Gasteiger partial charge in [0.25, 0.3) is 0 Å². The van der Waals surface area contributed by atoms with E-state index >= 15 is 0 Å². The molecule has 168 valence electrons. The lowest BCUT2D eigenvalue weighted by atomic mass is 10.1. The smallest absolute Gasteiger partial charge is 0.207 e. The lowest BCUT2D eigenvalue weighted by molar-refractivity contribution is 0.346. The first-order valence-electron chi connectivity index (χ1n) is 10.6. The third-order valence-corrected chi connectivity index (χ3v) is 8.98. The summed E-state index contributed by atoms with van der Waals surface area (Å²) in [6.45, 7) is 1.16. The van der Waals surface area contributed by atoms with Crippen molar-refractivity contribution in [3.05, 3.63) is 84.4 Å². The third kappa shape index (κ3) is 4.94. The largest absolute Gasteiger partial charge is 0.243 e. The van der Waals surface area contributed by atoms with E-state index in [4.69, 9.17) is 0 Å². The summed E-state index contributed by atoms with van der Waals surface area (Å²) in [5, 5.41) is 0. The minimum Gasteiger partial charge on any atom is -0.207 e. The number of nitrogens with zero attached hydrogens (tertiary/aromatic N) is 1. The van der Waals surface area contributed by atoms with Crippen LogP contribution >= 0.6 is 0 Å². The first-order valence-corrected chi connectivity index (χ1v) is 13.5. The van der Waals surface area contributed by atoms with Crippen LogP contribution in [-0.4, -0.2) is 34.2 Å². The molecule has 0 bridgehead atoms. The van der Waals surface area contributed by atoms with Gasteiger partial charge in [0.1, 0.15) is 0 Å². The monoisotopic (exact) mass is 470 g/mol. The second kappa shape index (κ2) is 9.54. The average molecular weight is 471 g/mol. The fourth-order valence-electron chi connectivity index (χ4n) is 3.85. The van der Waals surface area contributed by atoms with Crippen LogP contribution in [0, 0.1) is 0 Å². The van der Waals surface area contributed by atoms with Crippen LogP contribution in [0.15, 0.2) is 88.7 Å². The molecule has 6 nitrogen and oxygen atoms in total. The highest BCUT2D eigenvalue weighted by atomic mass is 32.2. The van der Waals surface area contributed by atoms with E-state index in [1.807, 2.05) is 36.4 Å². The zero-order chi connectivity index (χ0) is 22.6. The molecule has 1 heterocycles. The molecule has 1 aliphatic rings. The minimum absolute atomic E-state index is 0.0650. The van der Waals surface area contributed by atoms with Crippen LogP contribution in [0.5, 0.6) is 0 Å². The van der Waals surface area contributed by atoms with E-state index in [0.29, 0.717) is 24.2 Å². The van der Waals surface area contributed by atoms with Crippen LogP contribution in [0.3, 0.4) is 0 Å². The highest BCUT2D eigenvalue weighted by Gasteiger charge is 2.26. The van der Waals surface area contributed by atoms with Crippen LogP contribution < -0.4 is 4.72 Å². The molecule has 0 radical (unpaired) electrons. The topological polar surface area (TPSA) is 83.5 Å². The average Bonchev–Trinajstić information content (AvgIpc) is 2.84. The maximum absolute atomic E-state index is 13.0. The number of benzene rings is 3.